The molecule has 0 saturated carbocycles. The molecule has 0 amide bonds. The third kappa shape index (κ3) is 3.03. The average Bonchev–Trinajstić information content (AvgIpc) is 3.10. The number of fused-ring (bicyclic) bond motifs is 5. The van der Waals surface area contributed by atoms with Gasteiger partial charge >= 0.3 is 0 Å². The van der Waals surface area contributed by atoms with E-state index in [1.54, 1.807) is 0 Å². The summed E-state index contributed by atoms with van der Waals surface area (Å²) >= 11 is 0. The van der Waals surface area contributed by atoms with Gasteiger partial charge in [-0.1, -0.05) is 65.8 Å². The highest BCUT2D eigenvalue weighted by Crippen LogP contribution is 2.50. The largest absolute Gasteiger partial charge is 0.455 e. The number of aromatic nitrogens is 1. The Balaban J connectivity index is 1.89. The van der Waals surface area contributed by atoms with Crippen molar-refractivity contribution in [2.75, 3.05) is 0 Å². The molecule has 0 unspecified atom stereocenters. The van der Waals surface area contributed by atoms with Crippen LogP contribution in [0.1, 0.15) is 82.6 Å². The number of nitrogens with zero attached hydrogens (tertiary/aromatic N) is 1. The minimum atomic E-state index is 0.107. The van der Waals surface area contributed by atoms with Gasteiger partial charge in [0.2, 0.25) is 5.69 Å². The second kappa shape index (κ2) is 6.94. The molecule has 0 spiro atoms. The summed E-state index contributed by atoms with van der Waals surface area (Å²) in [6.45, 7) is 16.2. The van der Waals surface area contributed by atoms with Crippen LogP contribution in [0, 0.1) is 6.92 Å². The summed E-state index contributed by atoms with van der Waals surface area (Å²) in [5.41, 5.74) is 10.3. The van der Waals surface area contributed by atoms with Crippen LogP contribution < -0.4 is 4.57 Å². The molecular weight excluding hydrogens is 390 g/mol. The Bertz CT molecular complexity index is 1370. The number of benzene rings is 2. The van der Waals surface area contributed by atoms with Gasteiger partial charge in [0.25, 0.3) is 0 Å². The highest BCUT2D eigenvalue weighted by Gasteiger charge is 2.39. The minimum Gasteiger partial charge on any atom is -0.455 e. The molecule has 0 aliphatic heterocycles. The molecule has 0 fully saturated rings. The molecule has 32 heavy (non-hydrogen) atoms. The molecule has 0 atom stereocenters. The number of furan rings is 1. The molecule has 5 rings (SSSR count). The molecule has 2 heterocycles. The van der Waals surface area contributed by atoms with E-state index in [1.807, 2.05) is 0 Å². The fourth-order valence-corrected chi connectivity index (χ4v) is 5.63. The van der Waals surface area contributed by atoms with Crippen LogP contribution in [-0.4, -0.2) is 0 Å². The molecule has 0 bridgehead atoms. The highest BCUT2D eigenvalue weighted by molar-refractivity contribution is 6.11. The number of hydrogen-bond acceptors (Lipinski definition) is 1. The molecule has 4 aromatic rings. The van der Waals surface area contributed by atoms with Crippen LogP contribution in [0.25, 0.3) is 33.2 Å². The summed E-state index contributed by atoms with van der Waals surface area (Å²) in [7, 11) is 2.13. The van der Waals surface area contributed by atoms with Crippen molar-refractivity contribution in [3.05, 3.63) is 64.8 Å². The van der Waals surface area contributed by atoms with Gasteiger partial charge in [-0.2, -0.15) is 0 Å². The van der Waals surface area contributed by atoms with Crippen LogP contribution in [0.5, 0.6) is 0 Å². The Morgan fingerprint density at radius 3 is 2.25 bits per heavy atom. The molecule has 166 valence electrons. The lowest BCUT2D eigenvalue weighted by Crippen LogP contribution is -2.33. The molecule has 2 aromatic carbocycles. The summed E-state index contributed by atoms with van der Waals surface area (Å²) in [5, 5.41) is 2.46. The first-order valence-electron chi connectivity index (χ1n) is 12.0. The smallest absolute Gasteiger partial charge is 0.216 e. The van der Waals surface area contributed by atoms with Crippen LogP contribution in [-0.2, 0) is 17.9 Å². The van der Waals surface area contributed by atoms with Gasteiger partial charge < -0.3 is 4.42 Å². The zero-order chi connectivity index (χ0) is 23.0. The third-order valence-corrected chi connectivity index (χ3v) is 7.90. The summed E-state index contributed by atoms with van der Waals surface area (Å²) < 4.78 is 9.11. The Morgan fingerprint density at radius 2 is 1.53 bits per heavy atom. The van der Waals surface area contributed by atoms with Gasteiger partial charge in [0.1, 0.15) is 18.2 Å². The molecule has 1 aliphatic carbocycles. The van der Waals surface area contributed by atoms with E-state index in [0.717, 1.165) is 11.2 Å². The van der Waals surface area contributed by atoms with Crippen molar-refractivity contribution in [1.29, 1.82) is 0 Å². The first kappa shape index (κ1) is 21.2. The molecule has 0 N–H and O–H groups in total. The van der Waals surface area contributed by atoms with E-state index in [0.29, 0.717) is 5.92 Å². The Morgan fingerprint density at radius 1 is 0.875 bits per heavy atom. The van der Waals surface area contributed by atoms with Crippen LogP contribution in [0.3, 0.4) is 0 Å². The van der Waals surface area contributed by atoms with E-state index in [4.69, 9.17) is 4.42 Å². The fraction of sp³-hybridized carbons (Fsp3) is 0.433. The first-order valence-corrected chi connectivity index (χ1v) is 12.0. The van der Waals surface area contributed by atoms with Crippen molar-refractivity contribution in [1.82, 2.24) is 0 Å². The lowest BCUT2D eigenvalue weighted by Gasteiger charge is -2.41. The number of pyridine rings is 1. The second-order valence-electron chi connectivity index (χ2n) is 11.5. The second-order valence-corrected chi connectivity index (χ2v) is 11.5. The maximum atomic E-state index is 6.89. The minimum absolute atomic E-state index is 0.107. The van der Waals surface area contributed by atoms with Crippen molar-refractivity contribution in [3.63, 3.8) is 0 Å². The average molecular weight is 427 g/mol. The normalized spacial score (nSPS) is 17.3. The van der Waals surface area contributed by atoms with E-state index in [1.165, 1.54) is 57.1 Å². The van der Waals surface area contributed by atoms with Crippen LogP contribution in [0.4, 0.5) is 0 Å². The quantitative estimate of drug-likeness (QED) is 0.298. The van der Waals surface area contributed by atoms with E-state index in [-0.39, 0.29) is 10.8 Å². The van der Waals surface area contributed by atoms with Crippen molar-refractivity contribution >= 4 is 21.9 Å². The Hall–Kier alpha value is -2.61. The van der Waals surface area contributed by atoms with E-state index in [9.17, 15) is 0 Å². The van der Waals surface area contributed by atoms with Crippen molar-refractivity contribution in [2.24, 2.45) is 7.05 Å². The predicted molar refractivity (Wildman–Crippen MR) is 134 cm³/mol. The first-order chi connectivity index (χ1) is 15.0. The van der Waals surface area contributed by atoms with E-state index < -0.39 is 0 Å². The number of aryl methyl sites for hydroxylation is 2. The topological polar surface area (TPSA) is 17.0 Å². The van der Waals surface area contributed by atoms with Crippen LogP contribution in [0.15, 0.2) is 47.0 Å². The van der Waals surface area contributed by atoms with Crippen molar-refractivity contribution < 1.29 is 8.98 Å². The van der Waals surface area contributed by atoms with Gasteiger partial charge in [0, 0.05) is 28.5 Å². The van der Waals surface area contributed by atoms with E-state index in [2.05, 4.69) is 103 Å². The van der Waals surface area contributed by atoms with E-state index >= 15 is 0 Å². The molecule has 0 radical (unpaired) electrons. The summed E-state index contributed by atoms with van der Waals surface area (Å²) in [6.07, 6.45) is 4.57. The Kier molecular flexibility index (Phi) is 4.61. The lowest BCUT2D eigenvalue weighted by atomic mass is 9.63. The molecule has 2 aromatic heterocycles. The highest BCUT2D eigenvalue weighted by atomic mass is 16.3. The van der Waals surface area contributed by atoms with Gasteiger partial charge in [-0.25, -0.2) is 4.57 Å². The molecule has 2 heteroatoms. The van der Waals surface area contributed by atoms with Gasteiger partial charge in [-0.05, 0) is 53.2 Å². The number of rotatable bonds is 2. The van der Waals surface area contributed by atoms with Crippen LogP contribution in [0.2, 0.25) is 0 Å². The van der Waals surface area contributed by atoms with Crippen molar-refractivity contribution in [3.8, 4) is 11.3 Å². The van der Waals surface area contributed by atoms with Crippen molar-refractivity contribution in [2.45, 2.75) is 78.1 Å². The molecular formula is C30H36NO+. The van der Waals surface area contributed by atoms with Gasteiger partial charge in [-0.15, -0.1) is 0 Å². The summed E-state index contributed by atoms with van der Waals surface area (Å²) in [6, 6.07) is 13.7. The fourth-order valence-electron chi connectivity index (χ4n) is 5.63. The number of hydrogen-bond donors (Lipinski definition) is 0. The SMILES string of the molecule is Cc1ccc2c(oc3c4c(ccc32)C(C)(C)CCC4(C)C)c1-c1cc(C(C)C)cc[n+]1C. The monoisotopic (exact) mass is 426 g/mol. The molecule has 2 nitrogen and oxygen atoms in total. The predicted octanol–water partition coefficient (Wildman–Crippen LogP) is 7.86. The zero-order valence-corrected chi connectivity index (χ0v) is 20.9. The lowest BCUT2D eigenvalue weighted by molar-refractivity contribution is -0.660. The zero-order valence-electron chi connectivity index (χ0n) is 20.9. The Labute approximate surface area is 192 Å². The molecule has 1 aliphatic rings. The maximum Gasteiger partial charge on any atom is 0.216 e. The molecule has 0 saturated heterocycles. The van der Waals surface area contributed by atoms with Gasteiger partial charge in [0.05, 0.1) is 5.56 Å². The summed E-state index contributed by atoms with van der Waals surface area (Å²) in [4.78, 5) is 0. The van der Waals surface area contributed by atoms with Crippen LogP contribution >= 0.6 is 0 Å². The van der Waals surface area contributed by atoms with Gasteiger partial charge in [0.15, 0.2) is 6.20 Å². The summed E-state index contributed by atoms with van der Waals surface area (Å²) in [5.74, 6) is 0.486. The third-order valence-electron chi connectivity index (χ3n) is 7.90. The standard InChI is InChI=1S/C30H36NO/c1-18(2)20-13-16-31(8)24(17-20)25-19(3)9-10-21-22-11-12-23-26(28(22)32-27(21)25)30(6,7)15-14-29(23,4)5/h9-13,16-18H,14-15H2,1-8H3/q+1. The maximum absolute atomic E-state index is 6.89. The van der Waals surface area contributed by atoms with Gasteiger partial charge in [-0.3, -0.25) is 0 Å².